The summed E-state index contributed by atoms with van der Waals surface area (Å²) < 4.78 is 1.31. The number of rotatable bonds is 4. The molecule has 0 aliphatic rings. The predicted molar refractivity (Wildman–Crippen MR) is 67.3 cm³/mol. The Bertz CT molecular complexity index is 578. The Morgan fingerprint density at radius 3 is 2.67 bits per heavy atom. The summed E-state index contributed by atoms with van der Waals surface area (Å²) in [6.45, 7) is 0.725. The van der Waals surface area contributed by atoms with Gasteiger partial charge in [-0.2, -0.15) is 5.10 Å². The van der Waals surface area contributed by atoms with Gasteiger partial charge in [-0.3, -0.25) is 9.59 Å². The first kappa shape index (κ1) is 12.0. The van der Waals surface area contributed by atoms with Crippen LogP contribution in [-0.4, -0.2) is 22.2 Å². The molecule has 2 aromatic rings. The second-order valence-electron chi connectivity index (χ2n) is 3.71. The lowest BCUT2D eigenvalue weighted by molar-refractivity contribution is 0.0951. The molecule has 0 unspecified atom stereocenters. The minimum atomic E-state index is -0.175. The molecule has 0 bridgehead atoms. The number of carbonyl (C=O) groups excluding carboxylic acids is 1. The standard InChI is InChI=1S/C13H13N3O2/c17-12-7-4-8-15-16(12)10-9-14-13(18)11-5-2-1-3-6-11/h1-8H,9-10H2,(H,14,18). The summed E-state index contributed by atoms with van der Waals surface area (Å²) >= 11 is 0. The Balaban J connectivity index is 1.88. The summed E-state index contributed by atoms with van der Waals surface area (Å²) in [6, 6.07) is 12.0. The van der Waals surface area contributed by atoms with Crippen molar-refractivity contribution in [2.45, 2.75) is 6.54 Å². The van der Waals surface area contributed by atoms with Crippen molar-refractivity contribution in [2.75, 3.05) is 6.54 Å². The van der Waals surface area contributed by atoms with Gasteiger partial charge >= 0.3 is 0 Å². The molecule has 18 heavy (non-hydrogen) atoms. The van der Waals surface area contributed by atoms with Crippen molar-refractivity contribution in [3.8, 4) is 0 Å². The van der Waals surface area contributed by atoms with Gasteiger partial charge in [-0.1, -0.05) is 18.2 Å². The summed E-state index contributed by atoms with van der Waals surface area (Å²) in [7, 11) is 0. The van der Waals surface area contributed by atoms with Gasteiger partial charge in [0.1, 0.15) is 0 Å². The second-order valence-corrected chi connectivity index (χ2v) is 3.71. The largest absolute Gasteiger partial charge is 0.350 e. The average molecular weight is 243 g/mol. The van der Waals surface area contributed by atoms with Crippen LogP contribution < -0.4 is 10.9 Å². The van der Waals surface area contributed by atoms with Crippen LogP contribution in [0.3, 0.4) is 0 Å². The van der Waals surface area contributed by atoms with Gasteiger partial charge in [0.15, 0.2) is 0 Å². The molecule has 0 saturated carbocycles. The van der Waals surface area contributed by atoms with Crippen LogP contribution >= 0.6 is 0 Å². The van der Waals surface area contributed by atoms with Gasteiger partial charge in [0.05, 0.1) is 6.54 Å². The zero-order chi connectivity index (χ0) is 12.8. The van der Waals surface area contributed by atoms with Gasteiger partial charge in [0.2, 0.25) is 0 Å². The van der Waals surface area contributed by atoms with Gasteiger partial charge in [-0.25, -0.2) is 4.68 Å². The third-order valence-corrected chi connectivity index (χ3v) is 2.43. The maximum absolute atomic E-state index is 11.7. The topological polar surface area (TPSA) is 64.0 Å². The Morgan fingerprint density at radius 2 is 1.94 bits per heavy atom. The van der Waals surface area contributed by atoms with E-state index in [0.717, 1.165) is 0 Å². The Morgan fingerprint density at radius 1 is 1.17 bits per heavy atom. The van der Waals surface area contributed by atoms with Gasteiger partial charge < -0.3 is 5.32 Å². The minimum Gasteiger partial charge on any atom is -0.350 e. The van der Waals surface area contributed by atoms with Crippen molar-refractivity contribution in [3.05, 3.63) is 64.6 Å². The number of carbonyl (C=O) groups is 1. The van der Waals surface area contributed by atoms with Crippen LogP contribution in [0, 0.1) is 0 Å². The third kappa shape index (κ3) is 3.04. The highest BCUT2D eigenvalue weighted by molar-refractivity contribution is 5.94. The molecule has 92 valence electrons. The monoisotopic (exact) mass is 243 g/mol. The summed E-state index contributed by atoms with van der Waals surface area (Å²) in [5.74, 6) is -0.153. The first-order valence-electron chi connectivity index (χ1n) is 5.63. The lowest BCUT2D eigenvalue weighted by Gasteiger charge is -2.06. The second kappa shape index (κ2) is 5.77. The SMILES string of the molecule is O=C(NCCn1ncccc1=O)c1ccccc1. The van der Waals surface area contributed by atoms with Crippen LogP contribution in [0.1, 0.15) is 10.4 Å². The highest BCUT2D eigenvalue weighted by Crippen LogP contribution is 1.97. The molecule has 0 saturated heterocycles. The number of nitrogens with one attached hydrogen (secondary N) is 1. The molecule has 5 heteroatoms. The maximum Gasteiger partial charge on any atom is 0.266 e. The van der Waals surface area contributed by atoms with Crippen LogP contribution in [0.4, 0.5) is 0 Å². The lowest BCUT2D eigenvalue weighted by Crippen LogP contribution is -2.31. The van der Waals surface area contributed by atoms with Crippen molar-refractivity contribution in [1.82, 2.24) is 15.1 Å². The normalized spacial score (nSPS) is 10.0. The van der Waals surface area contributed by atoms with Gasteiger partial charge in [0, 0.05) is 24.4 Å². The van der Waals surface area contributed by atoms with Gasteiger partial charge in [-0.05, 0) is 18.2 Å². The predicted octanol–water partition coefficient (Wildman–Crippen LogP) is 0.673. The molecular formula is C13H13N3O2. The van der Waals surface area contributed by atoms with Crippen molar-refractivity contribution in [3.63, 3.8) is 0 Å². The van der Waals surface area contributed by atoms with Crippen molar-refractivity contribution < 1.29 is 4.79 Å². The first-order valence-corrected chi connectivity index (χ1v) is 5.63. The molecule has 0 radical (unpaired) electrons. The summed E-state index contributed by atoms with van der Waals surface area (Å²) in [6.07, 6.45) is 1.54. The van der Waals surface area contributed by atoms with Gasteiger partial charge in [0.25, 0.3) is 11.5 Å². The molecule has 0 fully saturated rings. The van der Waals surface area contributed by atoms with E-state index in [9.17, 15) is 9.59 Å². The van der Waals surface area contributed by atoms with Gasteiger partial charge in [-0.15, -0.1) is 0 Å². The Labute approximate surface area is 104 Å². The molecular weight excluding hydrogens is 230 g/mol. The van der Waals surface area contributed by atoms with E-state index < -0.39 is 0 Å². The van der Waals surface area contributed by atoms with E-state index in [1.54, 1.807) is 36.5 Å². The number of nitrogens with zero attached hydrogens (tertiary/aromatic N) is 2. The number of benzene rings is 1. The zero-order valence-electron chi connectivity index (χ0n) is 9.74. The molecule has 1 aromatic heterocycles. The minimum absolute atomic E-state index is 0.153. The van der Waals surface area contributed by atoms with Crippen LogP contribution in [0.15, 0.2) is 53.5 Å². The van der Waals surface area contributed by atoms with Crippen molar-refractivity contribution in [2.24, 2.45) is 0 Å². The fraction of sp³-hybridized carbons (Fsp3) is 0.154. The molecule has 1 N–H and O–H groups in total. The molecule has 0 aliphatic carbocycles. The van der Waals surface area contributed by atoms with Crippen molar-refractivity contribution in [1.29, 1.82) is 0 Å². The number of hydrogen-bond acceptors (Lipinski definition) is 3. The fourth-order valence-corrected chi connectivity index (χ4v) is 1.52. The van der Waals surface area contributed by atoms with Crippen LogP contribution in [0.25, 0.3) is 0 Å². The number of hydrogen-bond donors (Lipinski definition) is 1. The summed E-state index contributed by atoms with van der Waals surface area (Å²) in [5.41, 5.74) is 0.428. The smallest absolute Gasteiger partial charge is 0.266 e. The molecule has 0 aliphatic heterocycles. The fourth-order valence-electron chi connectivity index (χ4n) is 1.52. The van der Waals surface area contributed by atoms with E-state index >= 15 is 0 Å². The summed E-state index contributed by atoms with van der Waals surface area (Å²) in [4.78, 5) is 23.1. The Hall–Kier alpha value is -2.43. The van der Waals surface area contributed by atoms with E-state index in [2.05, 4.69) is 10.4 Å². The quantitative estimate of drug-likeness (QED) is 0.858. The summed E-state index contributed by atoms with van der Waals surface area (Å²) in [5, 5.41) is 6.64. The Kier molecular flexibility index (Phi) is 3.86. The lowest BCUT2D eigenvalue weighted by atomic mass is 10.2. The van der Waals surface area contributed by atoms with Crippen LogP contribution in [0.2, 0.25) is 0 Å². The molecule has 1 heterocycles. The third-order valence-electron chi connectivity index (χ3n) is 2.43. The van der Waals surface area contributed by atoms with Crippen molar-refractivity contribution >= 4 is 5.91 Å². The molecule has 0 atom stereocenters. The maximum atomic E-state index is 11.7. The van der Waals surface area contributed by atoms with E-state index in [-0.39, 0.29) is 11.5 Å². The zero-order valence-corrected chi connectivity index (χ0v) is 9.74. The van der Waals surface area contributed by atoms with Crippen LogP contribution in [0.5, 0.6) is 0 Å². The highest BCUT2D eigenvalue weighted by atomic mass is 16.1. The number of aromatic nitrogens is 2. The van der Waals surface area contributed by atoms with E-state index in [0.29, 0.717) is 18.7 Å². The molecule has 1 aromatic carbocycles. The molecule has 0 spiro atoms. The van der Waals surface area contributed by atoms with E-state index in [1.165, 1.54) is 10.7 Å². The average Bonchev–Trinajstić information content (AvgIpc) is 2.42. The van der Waals surface area contributed by atoms with E-state index in [1.807, 2.05) is 6.07 Å². The molecule has 5 nitrogen and oxygen atoms in total. The first-order chi connectivity index (χ1) is 8.77. The van der Waals surface area contributed by atoms with Crippen LogP contribution in [-0.2, 0) is 6.54 Å². The number of amides is 1. The highest BCUT2D eigenvalue weighted by Gasteiger charge is 2.03. The molecule has 1 amide bonds. The molecule has 2 rings (SSSR count). The van der Waals surface area contributed by atoms with E-state index in [4.69, 9.17) is 0 Å².